The molecule has 0 radical (unpaired) electrons. The fraction of sp³-hybridized carbons (Fsp3) is 1.00. The molecule has 5 heteroatoms. The summed E-state index contributed by atoms with van der Waals surface area (Å²) in [6.07, 6.45) is -0.958. The highest BCUT2D eigenvalue weighted by Crippen LogP contribution is 2.38. The van der Waals surface area contributed by atoms with E-state index in [1.807, 2.05) is 20.8 Å². The van der Waals surface area contributed by atoms with Gasteiger partial charge in [-0.05, 0) is 20.8 Å². The summed E-state index contributed by atoms with van der Waals surface area (Å²) in [6.45, 7) is 5.74. The lowest BCUT2D eigenvalue weighted by Gasteiger charge is -2.36. The highest BCUT2D eigenvalue weighted by atomic mass is 16.8. The first kappa shape index (κ1) is 9.99. The van der Waals surface area contributed by atoms with Gasteiger partial charge in [0, 0.05) is 0 Å². The van der Waals surface area contributed by atoms with E-state index >= 15 is 0 Å². The van der Waals surface area contributed by atoms with Crippen LogP contribution in [0.5, 0.6) is 0 Å². The molecule has 3 aliphatic rings. The van der Waals surface area contributed by atoms with Crippen LogP contribution >= 0.6 is 0 Å². The Morgan fingerprint density at radius 3 is 2.07 bits per heavy atom. The Morgan fingerprint density at radius 1 is 0.600 bits per heavy atom. The summed E-state index contributed by atoms with van der Waals surface area (Å²) in [5, 5.41) is 0. The molecule has 15 heavy (non-hydrogen) atoms. The van der Waals surface area contributed by atoms with E-state index in [1.54, 1.807) is 0 Å². The van der Waals surface area contributed by atoms with Crippen LogP contribution in [0.1, 0.15) is 20.8 Å². The maximum atomic E-state index is 5.72. The van der Waals surface area contributed by atoms with Crippen molar-refractivity contribution in [3.63, 3.8) is 0 Å². The van der Waals surface area contributed by atoms with Crippen LogP contribution in [0.3, 0.4) is 0 Å². The van der Waals surface area contributed by atoms with Gasteiger partial charge in [-0.1, -0.05) is 0 Å². The monoisotopic (exact) mass is 216 g/mol. The minimum atomic E-state index is -0.300. The second-order valence-electron chi connectivity index (χ2n) is 4.28. The van der Waals surface area contributed by atoms with Crippen molar-refractivity contribution in [1.82, 2.24) is 0 Å². The van der Waals surface area contributed by atoms with Crippen LogP contribution in [0, 0.1) is 0 Å². The minimum Gasteiger partial charge on any atom is -0.347 e. The SMILES string of the molecule is CC1OC2OC3C(C)OC(C)OC3C2O1. The van der Waals surface area contributed by atoms with E-state index in [1.165, 1.54) is 0 Å². The maximum Gasteiger partial charge on any atom is 0.190 e. The van der Waals surface area contributed by atoms with Crippen LogP contribution in [-0.2, 0) is 23.7 Å². The number of hydrogen-bond acceptors (Lipinski definition) is 5. The Labute approximate surface area is 88.6 Å². The quantitative estimate of drug-likeness (QED) is 0.594. The van der Waals surface area contributed by atoms with E-state index in [0.29, 0.717) is 0 Å². The standard InChI is InChI=1S/C10H16O5/c1-4-7-8(12-5(2)11-4)9-10(15-7)14-6(3)13-9/h4-10H,1-3H3. The molecule has 3 aliphatic heterocycles. The van der Waals surface area contributed by atoms with Gasteiger partial charge in [-0.2, -0.15) is 0 Å². The summed E-state index contributed by atoms with van der Waals surface area (Å²) >= 11 is 0. The zero-order chi connectivity index (χ0) is 10.6. The minimum absolute atomic E-state index is 0.0202. The zero-order valence-electron chi connectivity index (χ0n) is 9.08. The Morgan fingerprint density at radius 2 is 1.27 bits per heavy atom. The predicted molar refractivity (Wildman–Crippen MR) is 49.0 cm³/mol. The summed E-state index contributed by atoms with van der Waals surface area (Å²) in [7, 11) is 0. The zero-order valence-corrected chi connectivity index (χ0v) is 9.08. The first-order chi connectivity index (χ1) is 7.15. The normalized spacial score (nSPS) is 59.0. The molecule has 7 unspecified atom stereocenters. The lowest BCUT2D eigenvalue weighted by Crippen LogP contribution is -2.49. The van der Waals surface area contributed by atoms with E-state index in [4.69, 9.17) is 23.7 Å². The molecule has 0 spiro atoms. The Hall–Kier alpha value is -0.200. The molecule has 0 aliphatic carbocycles. The number of rotatable bonds is 0. The summed E-state index contributed by atoms with van der Waals surface area (Å²) in [5.74, 6) is 0. The topological polar surface area (TPSA) is 46.2 Å². The molecule has 3 fully saturated rings. The molecule has 3 heterocycles. The van der Waals surface area contributed by atoms with Gasteiger partial charge in [0.1, 0.15) is 18.3 Å². The second-order valence-corrected chi connectivity index (χ2v) is 4.28. The summed E-state index contributed by atoms with van der Waals surface area (Å²) in [6, 6.07) is 0. The van der Waals surface area contributed by atoms with Crippen LogP contribution in [0.2, 0.25) is 0 Å². The Kier molecular flexibility index (Phi) is 2.26. The molecule has 0 aromatic carbocycles. The first-order valence-electron chi connectivity index (χ1n) is 5.42. The molecule has 0 aromatic rings. The van der Waals surface area contributed by atoms with Crippen molar-refractivity contribution in [3.05, 3.63) is 0 Å². The lowest BCUT2D eigenvalue weighted by atomic mass is 10.1. The average molecular weight is 216 g/mol. The highest BCUT2D eigenvalue weighted by molar-refractivity contribution is 4.96. The van der Waals surface area contributed by atoms with Crippen LogP contribution in [0.4, 0.5) is 0 Å². The predicted octanol–water partition coefficient (Wildman–Crippen LogP) is 0.623. The highest BCUT2D eigenvalue weighted by Gasteiger charge is 2.56. The third kappa shape index (κ3) is 1.50. The Bertz CT molecular complexity index is 258. The number of fused-ring (bicyclic) bond motifs is 3. The van der Waals surface area contributed by atoms with Crippen LogP contribution in [-0.4, -0.2) is 43.3 Å². The molecule has 0 amide bonds. The van der Waals surface area contributed by atoms with Crippen molar-refractivity contribution in [3.8, 4) is 0 Å². The van der Waals surface area contributed by atoms with Gasteiger partial charge in [-0.15, -0.1) is 0 Å². The van der Waals surface area contributed by atoms with Crippen molar-refractivity contribution >= 4 is 0 Å². The van der Waals surface area contributed by atoms with Gasteiger partial charge in [-0.25, -0.2) is 0 Å². The van der Waals surface area contributed by atoms with Gasteiger partial charge in [-0.3, -0.25) is 0 Å². The van der Waals surface area contributed by atoms with Gasteiger partial charge in [0.25, 0.3) is 0 Å². The average Bonchev–Trinajstić information content (AvgIpc) is 2.63. The molecule has 3 rings (SSSR count). The van der Waals surface area contributed by atoms with Crippen LogP contribution in [0.25, 0.3) is 0 Å². The first-order valence-corrected chi connectivity index (χ1v) is 5.42. The molecule has 3 saturated heterocycles. The summed E-state index contributed by atoms with van der Waals surface area (Å²) in [5.41, 5.74) is 0. The molecule has 0 bridgehead atoms. The molecular formula is C10H16O5. The van der Waals surface area contributed by atoms with Gasteiger partial charge in [0.2, 0.25) is 0 Å². The molecule has 7 atom stereocenters. The molecule has 0 saturated carbocycles. The third-order valence-corrected chi connectivity index (χ3v) is 3.10. The van der Waals surface area contributed by atoms with E-state index in [2.05, 4.69) is 0 Å². The van der Waals surface area contributed by atoms with E-state index in [9.17, 15) is 0 Å². The largest absolute Gasteiger partial charge is 0.347 e. The van der Waals surface area contributed by atoms with E-state index in [0.717, 1.165) is 0 Å². The molecule has 0 aromatic heterocycles. The van der Waals surface area contributed by atoms with Crippen molar-refractivity contribution in [2.24, 2.45) is 0 Å². The lowest BCUT2D eigenvalue weighted by molar-refractivity contribution is -0.285. The van der Waals surface area contributed by atoms with Crippen molar-refractivity contribution < 1.29 is 23.7 Å². The summed E-state index contributed by atoms with van der Waals surface area (Å²) in [4.78, 5) is 0. The number of hydrogen-bond donors (Lipinski definition) is 0. The molecule has 0 N–H and O–H groups in total. The van der Waals surface area contributed by atoms with Gasteiger partial charge in [0.15, 0.2) is 18.9 Å². The van der Waals surface area contributed by atoms with Crippen LogP contribution in [0.15, 0.2) is 0 Å². The molecule has 5 nitrogen and oxygen atoms in total. The van der Waals surface area contributed by atoms with Crippen molar-refractivity contribution in [2.45, 2.75) is 64.1 Å². The van der Waals surface area contributed by atoms with Crippen molar-refractivity contribution in [1.29, 1.82) is 0 Å². The second kappa shape index (κ2) is 3.40. The molecule has 86 valence electrons. The third-order valence-electron chi connectivity index (χ3n) is 3.10. The van der Waals surface area contributed by atoms with Gasteiger partial charge in [0.05, 0.1) is 6.10 Å². The summed E-state index contributed by atoms with van der Waals surface area (Å²) < 4.78 is 28.1. The van der Waals surface area contributed by atoms with Gasteiger partial charge < -0.3 is 23.7 Å². The van der Waals surface area contributed by atoms with Gasteiger partial charge >= 0.3 is 0 Å². The Balaban J connectivity index is 1.79. The maximum absolute atomic E-state index is 5.72. The van der Waals surface area contributed by atoms with Crippen LogP contribution < -0.4 is 0 Å². The fourth-order valence-corrected chi connectivity index (χ4v) is 2.51. The number of ether oxygens (including phenoxy) is 5. The molecular weight excluding hydrogens is 200 g/mol. The van der Waals surface area contributed by atoms with Crippen molar-refractivity contribution in [2.75, 3.05) is 0 Å². The van der Waals surface area contributed by atoms with E-state index in [-0.39, 0.29) is 43.3 Å². The van der Waals surface area contributed by atoms with E-state index < -0.39 is 0 Å². The smallest absolute Gasteiger partial charge is 0.190 e. The fourth-order valence-electron chi connectivity index (χ4n) is 2.51.